The van der Waals surface area contributed by atoms with E-state index >= 15 is 0 Å². The third-order valence-corrected chi connectivity index (χ3v) is 6.95. The molecule has 0 saturated carbocycles. The summed E-state index contributed by atoms with van der Waals surface area (Å²) in [4.78, 5) is 25.6. The summed E-state index contributed by atoms with van der Waals surface area (Å²) in [5.74, 6) is -0.399. The molecular weight excluding hydrogens is 400 g/mol. The molecule has 0 radical (unpaired) electrons. The topological polar surface area (TPSA) is 85.2 Å². The van der Waals surface area contributed by atoms with Gasteiger partial charge in [0, 0.05) is 11.4 Å². The van der Waals surface area contributed by atoms with Gasteiger partial charge in [0.2, 0.25) is 15.7 Å². The van der Waals surface area contributed by atoms with Crippen molar-refractivity contribution in [2.45, 2.75) is 44.0 Å². The van der Waals surface area contributed by atoms with Crippen molar-refractivity contribution in [3.63, 3.8) is 0 Å². The number of pyridine rings is 1. The highest BCUT2D eigenvalue weighted by molar-refractivity contribution is 7.91. The Bertz CT molecular complexity index is 1260. The van der Waals surface area contributed by atoms with Gasteiger partial charge >= 0.3 is 0 Å². The molecule has 30 heavy (non-hydrogen) atoms. The molecule has 0 bridgehead atoms. The van der Waals surface area contributed by atoms with E-state index in [2.05, 4.69) is 5.32 Å². The lowest BCUT2D eigenvalue weighted by Gasteiger charge is -2.16. The first-order valence-electron chi connectivity index (χ1n) is 9.50. The van der Waals surface area contributed by atoms with Crippen LogP contribution in [0, 0.1) is 27.7 Å². The molecule has 3 aromatic rings. The van der Waals surface area contributed by atoms with Crippen molar-refractivity contribution in [2.24, 2.45) is 0 Å². The predicted octanol–water partition coefficient (Wildman–Crippen LogP) is 3.55. The number of nitrogens with zero attached hydrogens (tertiary/aromatic N) is 1. The van der Waals surface area contributed by atoms with E-state index in [0.29, 0.717) is 16.9 Å². The molecule has 0 atom stereocenters. The van der Waals surface area contributed by atoms with E-state index < -0.39 is 21.3 Å². The summed E-state index contributed by atoms with van der Waals surface area (Å²) in [5, 5.41) is 2.84. The van der Waals surface area contributed by atoms with Gasteiger partial charge < -0.3 is 9.88 Å². The number of anilines is 1. The van der Waals surface area contributed by atoms with E-state index in [1.807, 2.05) is 32.0 Å². The number of amides is 1. The fourth-order valence-electron chi connectivity index (χ4n) is 3.48. The second-order valence-corrected chi connectivity index (χ2v) is 9.21. The molecule has 0 aliphatic heterocycles. The molecule has 7 heteroatoms. The Balaban J connectivity index is 2.02. The Morgan fingerprint density at radius 1 is 0.900 bits per heavy atom. The van der Waals surface area contributed by atoms with Crippen molar-refractivity contribution in [1.82, 2.24) is 4.57 Å². The third-order valence-electron chi connectivity index (χ3n) is 5.02. The van der Waals surface area contributed by atoms with Crippen molar-refractivity contribution in [3.05, 3.63) is 87.3 Å². The van der Waals surface area contributed by atoms with Crippen molar-refractivity contribution in [2.75, 3.05) is 5.32 Å². The number of benzene rings is 2. The maximum absolute atomic E-state index is 13.2. The van der Waals surface area contributed by atoms with Crippen LogP contribution >= 0.6 is 0 Å². The van der Waals surface area contributed by atoms with Crippen LogP contribution in [0.5, 0.6) is 0 Å². The Kier molecular flexibility index (Phi) is 5.94. The van der Waals surface area contributed by atoms with E-state index in [9.17, 15) is 18.0 Å². The van der Waals surface area contributed by atoms with Crippen LogP contribution in [0.25, 0.3) is 0 Å². The largest absolute Gasteiger partial charge is 0.324 e. The van der Waals surface area contributed by atoms with Crippen molar-refractivity contribution < 1.29 is 13.2 Å². The fourth-order valence-corrected chi connectivity index (χ4v) is 5.06. The maximum atomic E-state index is 13.2. The van der Waals surface area contributed by atoms with Crippen molar-refractivity contribution in [3.8, 4) is 0 Å². The summed E-state index contributed by atoms with van der Waals surface area (Å²) in [7, 11) is -4.01. The smallest absolute Gasteiger partial charge is 0.270 e. The van der Waals surface area contributed by atoms with Crippen LogP contribution in [0.2, 0.25) is 0 Å². The van der Waals surface area contributed by atoms with Gasteiger partial charge in [0.25, 0.3) is 5.56 Å². The Labute approximate surface area is 176 Å². The first-order chi connectivity index (χ1) is 14.1. The van der Waals surface area contributed by atoms with Gasteiger partial charge in [0.1, 0.15) is 11.4 Å². The summed E-state index contributed by atoms with van der Waals surface area (Å²) in [6.45, 7) is 6.76. The average Bonchev–Trinajstić information content (AvgIpc) is 2.68. The Hall–Kier alpha value is -3.19. The molecule has 0 unspecified atom stereocenters. The Morgan fingerprint density at radius 3 is 2.10 bits per heavy atom. The number of aromatic nitrogens is 1. The van der Waals surface area contributed by atoms with E-state index in [1.165, 1.54) is 16.7 Å². The lowest BCUT2D eigenvalue weighted by molar-refractivity contribution is -0.116. The van der Waals surface area contributed by atoms with Crippen molar-refractivity contribution >= 4 is 21.4 Å². The zero-order valence-electron chi connectivity index (χ0n) is 17.4. The SMILES string of the molecule is Cc1cccc(C)c1NC(=O)Cn1c(C)cc(C)c(S(=O)(=O)c2ccccc2)c1=O. The number of nitrogens with one attached hydrogen (secondary N) is 1. The van der Waals surface area contributed by atoms with Gasteiger partial charge in [-0.05, 0) is 62.6 Å². The van der Waals surface area contributed by atoms with E-state index in [4.69, 9.17) is 0 Å². The highest BCUT2D eigenvalue weighted by Gasteiger charge is 2.26. The van der Waals surface area contributed by atoms with Crippen LogP contribution < -0.4 is 10.9 Å². The molecule has 156 valence electrons. The molecule has 0 spiro atoms. The molecule has 1 N–H and O–H groups in total. The minimum absolute atomic E-state index is 0.0422. The normalized spacial score (nSPS) is 11.3. The van der Waals surface area contributed by atoms with E-state index in [1.54, 1.807) is 38.1 Å². The van der Waals surface area contributed by atoms with Crippen LogP contribution in [0.4, 0.5) is 5.69 Å². The van der Waals surface area contributed by atoms with Gasteiger partial charge in [-0.2, -0.15) is 0 Å². The molecular formula is C23H24N2O4S. The maximum Gasteiger partial charge on any atom is 0.270 e. The second-order valence-electron chi connectivity index (χ2n) is 7.32. The molecule has 2 aromatic carbocycles. The predicted molar refractivity (Wildman–Crippen MR) is 117 cm³/mol. The molecule has 0 aliphatic carbocycles. The number of para-hydroxylation sites is 1. The number of carbonyl (C=O) groups excluding carboxylic acids is 1. The van der Waals surface area contributed by atoms with E-state index in [0.717, 1.165) is 11.1 Å². The molecule has 0 saturated heterocycles. The van der Waals surface area contributed by atoms with Crippen molar-refractivity contribution in [1.29, 1.82) is 0 Å². The van der Waals surface area contributed by atoms with Gasteiger partial charge in [0.05, 0.1) is 4.90 Å². The first-order valence-corrected chi connectivity index (χ1v) is 11.0. The molecule has 1 aromatic heterocycles. The number of carbonyl (C=O) groups is 1. The van der Waals surface area contributed by atoms with Crippen LogP contribution in [-0.2, 0) is 21.2 Å². The molecule has 0 fully saturated rings. The molecule has 1 heterocycles. The van der Waals surface area contributed by atoms with Gasteiger partial charge in [-0.15, -0.1) is 0 Å². The minimum Gasteiger partial charge on any atom is -0.324 e. The van der Waals surface area contributed by atoms with Gasteiger partial charge in [-0.3, -0.25) is 9.59 Å². The lowest BCUT2D eigenvalue weighted by atomic mass is 10.1. The Morgan fingerprint density at radius 2 is 1.50 bits per heavy atom. The molecule has 0 aliphatic rings. The molecule has 3 rings (SSSR count). The van der Waals surface area contributed by atoms with Crippen LogP contribution in [0.15, 0.2) is 69.2 Å². The van der Waals surface area contributed by atoms with E-state index in [-0.39, 0.29) is 16.3 Å². The minimum atomic E-state index is -4.01. The summed E-state index contributed by atoms with van der Waals surface area (Å²) in [6, 6.07) is 15.1. The number of rotatable bonds is 5. The summed E-state index contributed by atoms with van der Waals surface area (Å²) < 4.78 is 27.4. The van der Waals surface area contributed by atoms with Gasteiger partial charge in [-0.1, -0.05) is 36.4 Å². The number of hydrogen-bond donors (Lipinski definition) is 1. The standard InChI is InChI=1S/C23H24N2O4S/c1-15-9-8-10-16(2)21(15)24-20(26)14-25-18(4)13-17(3)22(23(25)27)30(28,29)19-11-6-5-7-12-19/h5-13H,14H2,1-4H3,(H,24,26). The van der Waals surface area contributed by atoms with Crippen LogP contribution in [0.1, 0.15) is 22.4 Å². The number of hydrogen-bond acceptors (Lipinski definition) is 4. The molecule has 6 nitrogen and oxygen atoms in total. The zero-order chi connectivity index (χ0) is 22.1. The third kappa shape index (κ3) is 4.07. The quantitative estimate of drug-likeness (QED) is 0.679. The van der Waals surface area contributed by atoms with Crippen LogP contribution in [0.3, 0.4) is 0 Å². The zero-order valence-corrected chi connectivity index (χ0v) is 18.2. The summed E-state index contributed by atoms with van der Waals surface area (Å²) >= 11 is 0. The highest BCUT2D eigenvalue weighted by atomic mass is 32.2. The summed E-state index contributed by atoms with van der Waals surface area (Å²) in [6.07, 6.45) is 0. The van der Waals surface area contributed by atoms with Gasteiger partial charge in [0.15, 0.2) is 0 Å². The number of aryl methyl sites for hydroxylation is 4. The lowest BCUT2D eigenvalue weighted by Crippen LogP contribution is -2.33. The monoisotopic (exact) mass is 424 g/mol. The molecule has 1 amide bonds. The first kappa shape index (κ1) is 21.5. The fraction of sp³-hybridized carbons (Fsp3) is 0.217. The average molecular weight is 425 g/mol. The summed E-state index contributed by atoms with van der Waals surface area (Å²) in [5.41, 5.74) is 2.67. The van der Waals surface area contributed by atoms with Gasteiger partial charge in [-0.25, -0.2) is 8.42 Å². The van der Waals surface area contributed by atoms with Crippen LogP contribution in [-0.4, -0.2) is 18.9 Å². The number of sulfone groups is 1. The second kappa shape index (κ2) is 8.28. The highest BCUT2D eigenvalue weighted by Crippen LogP contribution is 2.22.